The number of aliphatic hydroxyl groups is 4. The van der Waals surface area contributed by atoms with Crippen LogP contribution in [0, 0.1) is 0 Å². The molecule has 0 saturated heterocycles. The molecule has 0 bridgehead atoms. The summed E-state index contributed by atoms with van der Waals surface area (Å²) in [5.41, 5.74) is 1.08. The van der Waals surface area contributed by atoms with Gasteiger partial charge in [-0.05, 0) is 24.6 Å². The van der Waals surface area contributed by atoms with Crippen LogP contribution in [0.3, 0.4) is 0 Å². The molecule has 1 aromatic rings. The van der Waals surface area contributed by atoms with E-state index in [0.717, 1.165) is 17.1 Å². The van der Waals surface area contributed by atoms with Gasteiger partial charge < -0.3 is 30.1 Å². The Hall–Kier alpha value is -1.67. The van der Waals surface area contributed by atoms with E-state index in [-0.39, 0.29) is 0 Å². The summed E-state index contributed by atoms with van der Waals surface area (Å²) in [6.45, 7) is 2.30. The Balaban J connectivity index is 1.97. The molecule has 23 heavy (non-hydrogen) atoms. The van der Waals surface area contributed by atoms with Crippen molar-refractivity contribution in [3.63, 3.8) is 0 Å². The van der Waals surface area contributed by atoms with Crippen molar-refractivity contribution in [3.8, 4) is 5.75 Å². The minimum Gasteiger partial charge on any atom is -0.497 e. The summed E-state index contributed by atoms with van der Waals surface area (Å²) in [5, 5.41) is 38.2. The van der Waals surface area contributed by atoms with Crippen molar-refractivity contribution in [2.45, 2.75) is 37.8 Å². The molecule has 1 aliphatic heterocycles. The van der Waals surface area contributed by atoms with E-state index in [1.165, 1.54) is 0 Å². The van der Waals surface area contributed by atoms with E-state index in [4.69, 9.17) is 9.84 Å². The first-order valence-corrected chi connectivity index (χ1v) is 7.53. The number of ether oxygens (including phenoxy) is 1. The lowest BCUT2D eigenvalue weighted by Crippen LogP contribution is -2.46. The molecule has 0 amide bonds. The molecule has 0 spiro atoms. The SMILES string of the molecule is COc1ccc(CN2C[C@@H]([C@@H](O)[C@H](O)[C@H](O)CO)N=C2C)cc1. The Kier molecular flexibility index (Phi) is 5.95. The first-order chi connectivity index (χ1) is 11.0. The predicted molar refractivity (Wildman–Crippen MR) is 85.4 cm³/mol. The van der Waals surface area contributed by atoms with Gasteiger partial charge in [0.2, 0.25) is 0 Å². The van der Waals surface area contributed by atoms with Crippen LogP contribution in [0.4, 0.5) is 0 Å². The largest absolute Gasteiger partial charge is 0.497 e. The molecule has 0 aromatic heterocycles. The van der Waals surface area contributed by atoms with Gasteiger partial charge in [0.25, 0.3) is 0 Å². The highest BCUT2D eigenvalue weighted by molar-refractivity contribution is 5.81. The van der Waals surface area contributed by atoms with Gasteiger partial charge in [-0.2, -0.15) is 0 Å². The van der Waals surface area contributed by atoms with Crippen LogP contribution in [0.15, 0.2) is 29.3 Å². The lowest BCUT2D eigenvalue weighted by atomic mass is 10.0. The first kappa shape index (κ1) is 17.7. The standard InChI is InChI=1S/C16H24N2O5/c1-10-17-13(15(21)16(22)14(20)9-19)8-18(10)7-11-3-5-12(23-2)6-4-11/h3-6,13-16,19-22H,7-9H2,1-2H3/t13-,14+,15+,16+/m0/s1. The molecular weight excluding hydrogens is 300 g/mol. The second kappa shape index (κ2) is 7.74. The van der Waals surface area contributed by atoms with Gasteiger partial charge in [-0.15, -0.1) is 0 Å². The molecule has 128 valence electrons. The zero-order valence-electron chi connectivity index (χ0n) is 13.3. The Bertz CT molecular complexity index is 534. The summed E-state index contributed by atoms with van der Waals surface area (Å²) >= 11 is 0. The fourth-order valence-corrected chi connectivity index (χ4v) is 2.60. The maximum absolute atomic E-state index is 10.1. The average Bonchev–Trinajstić information content (AvgIpc) is 2.94. The third-order valence-electron chi connectivity index (χ3n) is 4.08. The summed E-state index contributed by atoms with van der Waals surface area (Å²) in [4.78, 5) is 6.35. The molecule has 1 aromatic carbocycles. The Morgan fingerprint density at radius 3 is 2.48 bits per heavy atom. The lowest BCUT2D eigenvalue weighted by Gasteiger charge is -2.26. The summed E-state index contributed by atoms with van der Waals surface area (Å²) in [6, 6.07) is 7.14. The maximum atomic E-state index is 10.1. The van der Waals surface area contributed by atoms with Crippen molar-refractivity contribution in [2.75, 3.05) is 20.3 Å². The van der Waals surface area contributed by atoms with E-state index in [1.54, 1.807) is 7.11 Å². The summed E-state index contributed by atoms with van der Waals surface area (Å²) in [6.07, 6.45) is -4.04. The summed E-state index contributed by atoms with van der Waals surface area (Å²) in [5.74, 6) is 1.55. The maximum Gasteiger partial charge on any atom is 0.118 e. The molecule has 4 N–H and O–H groups in total. The summed E-state index contributed by atoms with van der Waals surface area (Å²) < 4.78 is 5.13. The van der Waals surface area contributed by atoms with Crippen molar-refractivity contribution < 1.29 is 25.2 Å². The average molecular weight is 324 g/mol. The van der Waals surface area contributed by atoms with Crippen LogP contribution in [0.1, 0.15) is 12.5 Å². The van der Waals surface area contributed by atoms with Gasteiger partial charge in [-0.1, -0.05) is 12.1 Å². The third kappa shape index (κ3) is 4.20. The highest BCUT2D eigenvalue weighted by Crippen LogP contribution is 2.20. The number of hydrogen-bond acceptors (Lipinski definition) is 7. The van der Waals surface area contributed by atoms with E-state index in [2.05, 4.69) is 4.99 Å². The number of amidine groups is 1. The van der Waals surface area contributed by atoms with Crippen LogP contribution in [0.25, 0.3) is 0 Å². The molecule has 4 atom stereocenters. The van der Waals surface area contributed by atoms with E-state index in [0.29, 0.717) is 13.1 Å². The fourth-order valence-electron chi connectivity index (χ4n) is 2.60. The molecule has 0 radical (unpaired) electrons. The van der Waals surface area contributed by atoms with Gasteiger partial charge in [0.15, 0.2) is 0 Å². The monoisotopic (exact) mass is 324 g/mol. The van der Waals surface area contributed by atoms with Crippen molar-refractivity contribution in [3.05, 3.63) is 29.8 Å². The number of rotatable bonds is 7. The Labute approximate surface area is 135 Å². The zero-order valence-corrected chi connectivity index (χ0v) is 13.3. The molecular formula is C16H24N2O5. The Morgan fingerprint density at radius 2 is 1.91 bits per heavy atom. The van der Waals surface area contributed by atoms with Crippen molar-refractivity contribution in [1.82, 2.24) is 4.90 Å². The molecule has 1 heterocycles. The highest BCUT2D eigenvalue weighted by Gasteiger charge is 2.35. The van der Waals surface area contributed by atoms with Gasteiger partial charge in [0, 0.05) is 13.1 Å². The lowest BCUT2D eigenvalue weighted by molar-refractivity contribution is -0.0829. The minimum absolute atomic E-state index is 0.439. The van der Waals surface area contributed by atoms with Gasteiger partial charge in [-0.3, -0.25) is 4.99 Å². The normalized spacial score (nSPS) is 21.7. The fraction of sp³-hybridized carbons (Fsp3) is 0.562. The molecule has 0 fully saturated rings. The van der Waals surface area contributed by atoms with Crippen molar-refractivity contribution in [2.24, 2.45) is 4.99 Å². The van der Waals surface area contributed by atoms with Crippen LogP contribution in [-0.2, 0) is 6.54 Å². The topological polar surface area (TPSA) is 106 Å². The van der Waals surface area contributed by atoms with Gasteiger partial charge >= 0.3 is 0 Å². The van der Waals surface area contributed by atoms with E-state index >= 15 is 0 Å². The van der Waals surface area contributed by atoms with Gasteiger partial charge in [0.1, 0.15) is 24.1 Å². The van der Waals surface area contributed by atoms with Crippen molar-refractivity contribution in [1.29, 1.82) is 0 Å². The minimum atomic E-state index is -1.43. The van der Waals surface area contributed by atoms with Crippen LogP contribution >= 0.6 is 0 Å². The number of nitrogens with zero attached hydrogens (tertiary/aromatic N) is 2. The molecule has 2 rings (SSSR count). The number of methoxy groups -OCH3 is 1. The van der Waals surface area contributed by atoms with E-state index < -0.39 is 31.0 Å². The van der Waals surface area contributed by atoms with Crippen LogP contribution in [0.2, 0.25) is 0 Å². The number of hydrogen-bond donors (Lipinski definition) is 4. The third-order valence-corrected chi connectivity index (χ3v) is 4.08. The smallest absolute Gasteiger partial charge is 0.118 e. The Morgan fingerprint density at radius 1 is 1.26 bits per heavy atom. The highest BCUT2D eigenvalue weighted by atomic mass is 16.5. The number of benzene rings is 1. The first-order valence-electron chi connectivity index (χ1n) is 7.53. The quantitative estimate of drug-likeness (QED) is 0.532. The molecule has 7 nitrogen and oxygen atoms in total. The van der Waals surface area contributed by atoms with E-state index in [1.807, 2.05) is 36.1 Å². The van der Waals surface area contributed by atoms with Crippen molar-refractivity contribution >= 4 is 5.84 Å². The number of aliphatic hydroxyl groups excluding tert-OH is 4. The van der Waals surface area contributed by atoms with Gasteiger partial charge in [0.05, 0.1) is 25.6 Å². The zero-order chi connectivity index (χ0) is 17.0. The summed E-state index contributed by atoms with van der Waals surface area (Å²) in [7, 11) is 1.62. The van der Waals surface area contributed by atoms with Crippen LogP contribution in [0.5, 0.6) is 5.75 Å². The van der Waals surface area contributed by atoms with Crippen LogP contribution in [-0.4, -0.2) is 75.8 Å². The second-order valence-corrected chi connectivity index (χ2v) is 5.70. The van der Waals surface area contributed by atoms with E-state index in [9.17, 15) is 15.3 Å². The van der Waals surface area contributed by atoms with Gasteiger partial charge in [-0.25, -0.2) is 0 Å². The molecule has 1 aliphatic rings. The molecule has 0 aliphatic carbocycles. The molecule has 0 unspecified atom stereocenters. The molecule has 7 heteroatoms. The van der Waals surface area contributed by atoms with Crippen LogP contribution < -0.4 is 4.74 Å². The molecule has 0 saturated carbocycles. The predicted octanol–water partition coefficient (Wildman–Crippen LogP) is -0.627. The number of aliphatic imine (C=N–C) groups is 1. The second-order valence-electron chi connectivity index (χ2n) is 5.70.